The van der Waals surface area contributed by atoms with Gasteiger partial charge in [0, 0.05) is 45.8 Å². The number of hydrogen-bond acceptors (Lipinski definition) is 4. The molecular weight excluding hydrogens is 381 g/mol. The Hall–Kier alpha value is -1.70. The molecule has 1 aromatic carbocycles. The van der Waals surface area contributed by atoms with E-state index in [4.69, 9.17) is 9.73 Å². The molecule has 30 heavy (non-hydrogen) atoms. The molecule has 0 aromatic heterocycles. The lowest BCUT2D eigenvalue weighted by atomic mass is 10.1. The fourth-order valence-electron chi connectivity index (χ4n) is 4.12. The van der Waals surface area contributed by atoms with Crippen LogP contribution in [0.15, 0.2) is 29.3 Å². The average Bonchev–Trinajstić information content (AvgIpc) is 2.74. The van der Waals surface area contributed by atoms with E-state index in [2.05, 4.69) is 40.9 Å². The first-order valence-corrected chi connectivity index (χ1v) is 11.4. The monoisotopic (exact) mass is 419 g/mol. The molecule has 1 aromatic rings. The van der Waals surface area contributed by atoms with Gasteiger partial charge in [-0.15, -0.1) is 0 Å². The highest BCUT2D eigenvalue weighted by Gasteiger charge is 2.28. The van der Waals surface area contributed by atoms with E-state index in [9.17, 15) is 4.39 Å². The third-order valence-electron chi connectivity index (χ3n) is 5.88. The van der Waals surface area contributed by atoms with E-state index in [-0.39, 0.29) is 18.0 Å². The van der Waals surface area contributed by atoms with E-state index < -0.39 is 0 Å². The summed E-state index contributed by atoms with van der Waals surface area (Å²) >= 11 is 0. The Labute approximate surface area is 181 Å². The van der Waals surface area contributed by atoms with E-state index in [0.29, 0.717) is 0 Å². The van der Waals surface area contributed by atoms with Crippen LogP contribution >= 0.6 is 0 Å². The Morgan fingerprint density at radius 2 is 1.87 bits per heavy atom. The first-order chi connectivity index (χ1) is 14.5. The lowest BCUT2D eigenvalue weighted by Crippen LogP contribution is -2.50. The van der Waals surface area contributed by atoms with E-state index in [1.807, 2.05) is 12.1 Å². The van der Waals surface area contributed by atoms with E-state index >= 15 is 0 Å². The van der Waals surface area contributed by atoms with Gasteiger partial charge in [-0.2, -0.15) is 0 Å². The van der Waals surface area contributed by atoms with Crippen LogP contribution < -0.4 is 5.32 Å². The van der Waals surface area contributed by atoms with Gasteiger partial charge in [0.15, 0.2) is 5.96 Å². The minimum atomic E-state index is -0.217. The SMILES string of the molecule is CCNC(=NCCCCN1CCN(C)CC1)N1CC(C)OC(c2ccc(F)cc2)C1. The predicted molar refractivity (Wildman–Crippen MR) is 120 cm³/mol. The maximum Gasteiger partial charge on any atom is 0.194 e. The highest BCUT2D eigenvalue weighted by atomic mass is 19.1. The standard InChI is InChI=1S/C23H38FN5O/c1-4-25-23(26-11-5-6-12-28-15-13-27(3)14-16-28)29-17-19(2)30-22(18-29)20-7-9-21(24)10-8-20/h7-10,19,22H,4-6,11-18H2,1-3H3,(H,25,26). The van der Waals surface area contributed by atoms with Crippen LogP contribution in [0.25, 0.3) is 0 Å². The molecule has 7 heteroatoms. The van der Waals surface area contributed by atoms with Crippen LogP contribution in [0.2, 0.25) is 0 Å². The van der Waals surface area contributed by atoms with Gasteiger partial charge < -0.3 is 24.8 Å². The van der Waals surface area contributed by atoms with Crippen molar-refractivity contribution in [3.8, 4) is 0 Å². The number of likely N-dealkylation sites (N-methyl/N-ethyl adjacent to an activating group) is 1. The van der Waals surface area contributed by atoms with Crippen LogP contribution in [0.3, 0.4) is 0 Å². The van der Waals surface area contributed by atoms with Crippen LogP contribution in [0, 0.1) is 5.82 Å². The van der Waals surface area contributed by atoms with Crippen molar-refractivity contribution in [3.63, 3.8) is 0 Å². The summed E-state index contributed by atoms with van der Waals surface area (Å²) in [7, 11) is 2.20. The Morgan fingerprint density at radius 3 is 2.57 bits per heavy atom. The van der Waals surface area contributed by atoms with Gasteiger partial charge in [-0.05, 0) is 58.0 Å². The van der Waals surface area contributed by atoms with Crippen molar-refractivity contribution in [1.29, 1.82) is 0 Å². The lowest BCUT2D eigenvalue weighted by molar-refractivity contribution is -0.0605. The number of morpholine rings is 1. The second-order valence-corrected chi connectivity index (χ2v) is 8.48. The van der Waals surface area contributed by atoms with Gasteiger partial charge >= 0.3 is 0 Å². The molecule has 0 amide bonds. The minimum Gasteiger partial charge on any atom is -0.367 e. The fourth-order valence-corrected chi connectivity index (χ4v) is 4.12. The number of nitrogens with zero attached hydrogens (tertiary/aromatic N) is 4. The molecular formula is C23H38FN5O. The Balaban J connectivity index is 1.51. The number of aliphatic imine (C=N–C) groups is 1. The van der Waals surface area contributed by atoms with Gasteiger partial charge in [0.05, 0.1) is 12.6 Å². The van der Waals surface area contributed by atoms with Crippen molar-refractivity contribution in [3.05, 3.63) is 35.6 Å². The molecule has 168 valence electrons. The molecule has 2 unspecified atom stereocenters. The fraction of sp³-hybridized carbons (Fsp3) is 0.696. The summed E-state index contributed by atoms with van der Waals surface area (Å²) in [6.45, 7) is 13.3. The number of piperazine rings is 1. The zero-order valence-corrected chi connectivity index (χ0v) is 18.8. The quantitative estimate of drug-likeness (QED) is 0.418. The van der Waals surface area contributed by atoms with Crippen LogP contribution in [0.5, 0.6) is 0 Å². The highest BCUT2D eigenvalue weighted by molar-refractivity contribution is 5.80. The maximum absolute atomic E-state index is 13.3. The molecule has 0 spiro atoms. The summed E-state index contributed by atoms with van der Waals surface area (Å²) in [6.07, 6.45) is 2.30. The van der Waals surface area contributed by atoms with Crippen molar-refractivity contribution in [2.24, 2.45) is 4.99 Å². The third-order valence-corrected chi connectivity index (χ3v) is 5.88. The van der Waals surface area contributed by atoms with Gasteiger partial charge in [0.1, 0.15) is 11.9 Å². The summed E-state index contributed by atoms with van der Waals surface area (Å²) in [5.74, 6) is 0.741. The predicted octanol–water partition coefficient (Wildman–Crippen LogP) is 2.58. The van der Waals surface area contributed by atoms with Gasteiger partial charge in [0.25, 0.3) is 0 Å². The summed E-state index contributed by atoms with van der Waals surface area (Å²) in [5, 5.41) is 3.44. The van der Waals surface area contributed by atoms with Crippen LogP contribution in [-0.2, 0) is 4.74 Å². The number of halogens is 1. The topological polar surface area (TPSA) is 43.3 Å². The molecule has 0 aliphatic carbocycles. The Bertz CT molecular complexity index is 660. The van der Waals surface area contributed by atoms with E-state index in [0.717, 1.165) is 44.1 Å². The van der Waals surface area contributed by atoms with Gasteiger partial charge in [-0.25, -0.2) is 4.39 Å². The molecule has 2 aliphatic heterocycles. The molecule has 0 saturated carbocycles. The van der Waals surface area contributed by atoms with Crippen LogP contribution in [0.1, 0.15) is 38.4 Å². The largest absolute Gasteiger partial charge is 0.367 e. The molecule has 0 radical (unpaired) electrons. The Kier molecular flexibility index (Phi) is 8.90. The summed E-state index contributed by atoms with van der Waals surface area (Å²) in [6, 6.07) is 6.64. The number of guanidine groups is 1. The molecule has 2 aliphatic rings. The number of hydrogen-bond donors (Lipinski definition) is 1. The molecule has 2 atom stereocenters. The number of benzene rings is 1. The third kappa shape index (κ3) is 6.93. The summed E-state index contributed by atoms with van der Waals surface area (Å²) in [5.41, 5.74) is 1.01. The first kappa shape index (κ1) is 23.0. The van der Waals surface area contributed by atoms with Gasteiger partial charge in [-0.3, -0.25) is 4.99 Å². The van der Waals surface area contributed by atoms with E-state index in [1.54, 1.807) is 0 Å². The summed E-state index contributed by atoms with van der Waals surface area (Å²) in [4.78, 5) is 12.1. The smallest absolute Gasteiger partial charge is 0.194 e. The van der Waals surface area contributed by atoms with Crippen LogP contribution in [0.4, 0.5) is 4.39 Å². The average molecular weight is 420 g/mol. The van der Waals surface area contributed by atoms with Crippen LogP contribution in [-0.4, -0.2) is 92.7 Å². The molecule has 2 heterocycles. The molecule has 2 saturated heterocycles. The summed E-state index contributed by atoms with van der Waals surface area (Å²) < 4.78 is 19.4. The van der Waals surface area contributed by atoms with Crippen molar-refractivity contribution < 1.29 is 9.13 Å². The number of nitrogens with one attached hydrogen (secondary N) is 1. The van der Waals surface area contributed by atoms with Crippen molar-refractivity contribution >= 4 is 5.96 Å². The number of rotatable bonds is 7. The highest BCUT2D eigenvalue weighted by Crippen LogP contribution is 2.25. The normalized spacial score (nSPS) is 24.3. The van der Waals surface area contributed by atoms with Gasteiger partial charge in [0.2, 0.25) is 0 Å². The molecule has 2 fully saturated rings. The Morgan fingerprint density at radius 1 is 1.13 bits per heavy atom. The molecule has 1 N–H and O–H groups in total. The zero-order chi connectivity index (χ0) is 21.3. The second-order valence-electron chi connectivity index (χ2n) is 8.48. The molecule has 6 nitrogen and oxygen atoms in total. The van der Waals surface area contributed by atoms with E-state index in [1.165, 1.54) is 51.3 Å². The van der Waals surface area contributed by atoms with Crippen molar-refractivity contribution in [2.45, 2.75) is 38.9 Å². The van der Waals surface area contributed by atoms with Gasteiger partial charge in [-0.1, -0.05) is 12.1 Å². The number of ether oxygens (including phenoxy) is 1. The zero-order valence-electron chi connectivity index (χ0n) is 18.8. The van der Waals surface area contributed by atoms with Crippen molar-refractivity contribution in [1.82, 2.24) is 20.0 Å². The minimum absolute atomic E-state index is 0.0737. The molecule has 3 rings (SSSR count). The maximum atomic E-state index is 13.3. The first-order valence-electron chi connectivity index (χ1n) is 11.4. The molecule has 0 bridgehead atoms. The second kappa shape index (κ2) is 11.6. The number of unbranched alkanes of at least 4 members (excludes halogenated alkanes) is 1. The van der Waals surface area contributed by atoms with Crippen molar-refractivity contribution in [2.75, 3.05) is 66.0 Å². The lowest BCUT2D eigenvalue weighted by Gasteiger charge is -2.38.